The van der Waals surface area contributed by atoms with Gasteiger partial charge >= 0.3 is 0 Å². The van der Waals surface area contributed by atoms with E-state index in [1.54, 1.807) is 0 Å². The summed E-state index contributed by atoms with van der Waals surface area (Å²) in [5.74, 6) is 0. The van der Waals surface area contributed by atoms with E-state index in [-0.39, 0.29) is 0 Å². The van der Waals surface area contributed by atoms with Crippen LogP contribution in [0, 0.1) is 0 Å². The van der Waals surface area contributed by atoms with Gasteiger partial charge in [-0.3, -0.25) is 0 Å². The largest absolute Gasteiger partial charge is 0.404 e. The van der Waals surface area contributed by atoms with Crippen molar-refractivity contribution in [1.29, 1.82) is 0 Å². The van der Waals surface area contributed by atoms with E-state index in [9.17, 15) is 0 Å². The lowest BCUT2D eigenvalue weighted by molar-refractivity contribution is 1.08. The number of allylic oxidation sites excluding steroid dienone is 2. The summed E-state index contributed by atoms with van der Waals surface area (Å²) < 4.78 is 1.72. The molecule has 0 spiro atoms. The van der Waals surface area contributed by atoms with Crippen molar-refractivity contribution in [3.63, 3.8) is 0 Å². The summed E-state index contributed by atoms with van der Waals surface area (Å²) in [6.07, 6.45) is 3.29. The minimum Gasteiger partial charge on any atom is -0.404 e. The van der Waals surface area contributed by atoms with Crippen molar-refractivity contribution in [1.82, 2.24) is 5.32 Å². The quantitative estimate of drug-likeness (QED) is 0.582. The highest BCUT2D eigenvalue weighted by Gasteiger charge is 1.85. The van der Waals surface area contributed by atoms with Crippen molar-refractivity contribution in [2.24, 2.45) is 5.73 Å². The van der Waals surface area contributed by atoms with Gasteiger partial charge in [-0.1, -0.05) is 0 Å². The van der Waals surface area contributed by atoms with E-state index < -0.39 is 0 Å². The Morgan fingerprint density at radius 3 is 2.44 bits per heavy atom. The van der Waals surface area contributed by atoms with Crippen LogP contribution in [0.1, 0.15) is 0 Å². The smallest absolute Gasteiger partial charge is 0.0789 e. The van der Waals surface area contributed by atoms with Gasteiger partial charge < -0.3 is 11.1 Å². The van der Waals surface area contributed by atoms with Gasteiger partial charge in [0.2, 0.25) is 0 Å². The third kappa shape index (κ3) is 4.54. The lowest BCUT2D eigenvalue weighted by atomic mass is 10.6. The van der Waals surface area contributed by atoms with Gasteiger partial charge in [0.25, 0.3) is 0 Å². The Morgan fingerprint density at radius 2 is 2.11 bits per heavy atom. The van der Waals surface area contributed by atoms with Crippen molar-refractivity contribution >= 4 is 31.9 Å². The van der Waals surface area contributed by atoms with E-state index >= 15 is 0 Å². The molecule has 0 aliphatic heterocycles. The zero-order valence-corrected chi connectivity index (χ0v) is 8.16. The Morgan fingerprint density at radius 1 is 1.56 bits per heavy atom. The maximum Gasteiger partial charge on any atom is 0.0789 e. The average molecular weight is 256 g/mol. The zero-order valence-electron chi connectivity index (χ0n) is 4.99. The summed E-state index contributed by atoms with van der Waals surface area (Å²) in [4.78, 5) is 0. The second kappa shape index (κ2) is 4.88. The molecule has 0 aromatic heterocycles. The van der Waals surface area contributed by atoms with Gasteiger partial charge in [-0.15, -0.1) is 0 Å². The van der Waals surface area contributed by atoms with Crippen LogP contribution < -0.4 is 11.1 Å². The molecule has 0 amide bonds. The van der Waals surface area contributed by atoms with Crippen LogP contribution in [0.3, 0.4) is 0 Å². The molecule has 0 atom stereocenters. The molecule has 0 aromatic rings. The van der Waals surface area contributed by atoms with Crippen LogP contribution >= 0.6 is 31.9 Å². The molecule has 0 rings (SSSR count). The molecule has 0 aromatic carbocycles. The molecule has 9 heavy (non-hydrogen) atoms. The highest BCUT2D eigenvalue weighted by atomic mass is 79.9. The van der Waals surface area contributed by atoms with Crippen LogP contribution in [0.25, 0.3) is 0 Å². The predicted molar refractivity (Wildman–Crippen MR) is 47.3 cm³/mol. The Kier molecular flexibility index (Phi) is 4.90. The van der Waals surface area contributed by atoms with Gasteiger partial charge in [-0.05, 0) is 37.9 Å². The van der Waals surface area contributed by atoms with Crippen LogP contribution in [-0.2, 0) is 0 Å². The zero-order chi connectivity index (χ0) is 7.28. The summed E-state index contributed by atoms with van der Waals surface area (Å²) in [5, 5.41) is 2.88. The molecular formula is C5H8Br2N2. The monoisotopic (exact) mass is 254 g/mol. The second-order valence-electron chi connectivity index (χ2n) is 1.29. The summed E-state index contributed by atoms with van der Waals surface area (Å²) in [5.41, 5.74) is 5.17. The topological polar surface area (TPSA) is 38.0 Å². The number of hydrogen-bond donors (Lipinski definition) is 2. The van der Waals surface area contributed by atoms with E-state index in [0.717, 1.165) is 9.09 Å². The van der Waals surface area contributed by atoms with Gasteiger partial charge in [0.05, 0.1) is 4.61 Å². The Balaban J connectivity index is 3.95. The number of rotatable bonds is 2. The van der Waals surface area contributed by atoms with Crippen molar-refractivity contribution < 1.29 is 0 Å². The van der Waals surface area contributed by atoms with Crippen LogP contribution in [-0.4, -0.2) is 7.05 Å². The molecule has 0 aliphatic carbocycles. The normalized spacial score (nSPS) is 13.7. The molecule has 0 aliphatic rings. The number of nitrogens with one attached hydrogen (secondary N) is 1. The first kappa shape index (κ1) is 9.04. The molecule has 0 radical (unpaired) electrons. The third-order valence-corrected chi connectivity index (χ3v) is 1.78. The SMILES string of the molecule is CN/C(Br)=C\C(Br)=C/N. The van der Waals surface area contributed by atoms with Crippen LogP contribution in [0.4, 0.5) is 0 Å². The Bertz CT molecular complexity index is 140. The van der Waals surface area contributed by atoms with Crippen molar-refractivity contribution in [3.8, 4) is 0 Å². The number of hydrogen-bond acceptors (Lipinski definition) is 2. The average Bonchev–Trinajstić information content (AvgIpc) is 1.87. The lowest BCUT2D eigenvalue weighted by Gasteiger charge is -1.93. The van der Waals surface area contributed by atoms with E-state index in [4.69, 9.17) is 5.73 Å². The first-order valence-corrected chi connectivity index (χ1v) is 3.91. The fourth-order valence-electron chi connectivity index (χ4n) is 0.241. The van der Waals surface area contributed by atoms with Crippen molar-refractivity contribution in [2.75, 3.05) is 7.05 Å². The summed E-state index contributed by atoms with van der Waals surface area (Å²) in [6, 6.07) is 0. The molecule has 0 fully saturated rings. The third-order valence-electron chi connectivity index (χ3n) is 0.663. The molecule has 3 N–H and O–H groups in total. The fourth-order valence-corrected chi connectivity index (χ4v) is 1.02. The lowest BCUT2D eigenvalue weighted by Crippen LogP contribution is -1.98. The summed E-state index contributed by atoms with van der Waals surface area (Å²) >= 11 is 6.45. The van der Waals surface area contributed by atoms with Gasteiger partial charge in [-0.2, -0.15) is 0 Å². The van der Waals surface area contributed by atoms with Crippen molar-refractivity contribution in [3.05, 3.63) is 21.4 Å². The minimum atomic E-state index is 0.837. The van der Waals surface area contributed by atoms with Gasteiger partial charge in [-0.25, -0.2) is 0 Å². The van der Waals surface area contributed by atoms with Crippen molar-refractivity contribution in [2.45, 2.75) is 0 Å². The van der Waals surface area contributed by atoms with Crippen LogP contribution in [0.2, 0.25) is 0 Å². The molecule has 2 nitrogen and oxygen atoms in total. The second-order valence-corrected chi connectivity index (χ2v) is 3.06. The van der Waals surface area contributed by atoms with Gasteiger partial charge in [0.1, 0.15) is 0 Å². The van der Waals surface area contributed by atoms with E-state index in [1.807, 2.05) is 13.1 Å². The molecule has 0 saturated heterocycles. The minimum absolute atomic E-state index is 0.837. The first-order valence-electron chi connectivity index (χ1n) is 2.33. The van der Waals surface area contributed by atoms with Crippen LogP contribution in [0.5, 0.6) is 0 Å². The Labute approximate surface area is 71.4 Å². The maximum absolute atomic E-state index is 5.17. The first-order chi connectivity index (χ1) is 4.20. The molecule has 0 saturated carbocycles. The maximum atomic E-state index is 5.17. The highest BCUT2D eigenvalue weighted by Crippen LogP contribution is 2.09. The predicted octanol–water partition coefficient (Wildman–Crippen LogP) is 1.64. The molecule has 0 bridgehead atoms. The number of halogens is 2. The van der Waals surface area contributed by atoms with E-state index in [0.29, 0.717) is 0 Å². The molecule has 0 unspecified atom stereocenters. The number of nitrogens with two attached hydrogens (primary N) is 1. The molecular weight excluding hydrogens is 248 g/mol. The summed E-state index contributed by atoms with van der Waals surface area (Å²) in [7, 11) is 1.82. The van der Waals surface area contributed by atoms with Crippen LogP contribution in [0.15, 0.2) is 21.4 Å². The Hall–Kier alpha value is 0.0400. The molecule has 0 heterocycles. The van der Waals surface area contributed by atoms with E-state index in [2.05, 4.69) is 37.2 Å². The standard InChI is InChI=1S/C5H8Br2N2/c1-9-5(7)2-4(6)3-8/h2-3,9H,8H2,1H3/b4-3+,5-2-. The van der Waals surface area contributed by atoms with Gasteiger partial charge in [0.15, 0.2) is 0 Å². The summed E-state index contributed by atoms with van der Waals surface area (Å²) in [6.45, 7) is 0. The van der Waals surface area contributed by atoms with E-state index in [1.165, 1.54) is 6.20 Å². The van der Waals surface area contributed by atoms with Gasteiger partial charge in [0, 0.05) is 17.7 Å². The fraction of sp³-hybridized carbons (Fsp3) is 0.200. The molecule has 4 heteroatoms. The molecule has 52 valence electrons. The highest BCUT2D eigenvalue weighted by molar-refractivity contribution is 9.12.